The van der Waals surface area contributed by atoms with E-state index in [9.17, 15) is 0 Å². The summed E-state index contributed by atoms with van der Waals surface area (Å²) in [4.78, 5) is 2.58. The zero-order chi connectivity index (χ0) is 6.97. The second-order valence-electron chi connectivity index (χ2n) is 3.49. The maximum atomic E-state index is 3.57. The Balaban J connectivity index is 2.01. The van der Waals surface area contributed by atoms with E-state index in [1.165, 1.54) is 32.6 Å². The summed E-state index contributed by atoms with van der Waals surface area (Å²) in [6.07, 6.45) is 1.34. The van der Waals surface area contributed by atoms with E-state index in [1.54, 1.807) is 0 Å². The quantitative estimate of drug-likeness (QED) is 0.563. The van der Waals surface area contributed by atoms with Crippen molar-refractivity contribution < 1.29 is 0 Å². The first-order chi connectivity index (χ1) is 4.90. The van der Waals surface area contributed by atoms with Crippen LogP contribution < -0.4 is 5.32 Å². The lowest BCUT2D eigenvalue weighted by molar-refractivity contribution is 0.289. The van der Waals surface area contributed by atoms with E-state index in [0.29, 0.717) is 0 Å². The number of fused-ring (bicyclic) bond motifs is 2. The third-order valence-corrected chi connectivity index (χ3v) is 2.88. The zero-order valence-electron chi connectivity index (χ0n) is 6.64. The van der Waals surface area contributed by atoms with E-state index in [1.807, 2.05) is 0 Å². The fraction of sp³-hybridized carbons (Fsp3) is 1.00. The Hall–Kier alpha value is -0.0800. The molecule has 0 aliphatic carbocycles. The maximum Gasteiger partial charge on any atom is 0.0235 e. The normalized spacial score (nSPS) is 45.9. The van der Waals surface area contributed by atoms with Crippen LogP contribution in [-0.4, -0.2) is 37.1 Å². The Morgan fingerprint density at radius 1 is 1.50 bits per heavy atom. The number of hydrogen-bond acceptors (Lipinski definition) is 2. The van der Waals surface area contributed by atoms with Gasteiger partial charge in [-0.25, -0.2) is 0 Å². The van der Waals surface area contributed by atoms with Crippen molar-refractivity contribution in [1.82, 2.24) is 10.2 Å². The van der Waals surface area contributed by atoms with Gasteiger partial charge in [-0.3, -0.25) is 0 Å². The summed E-state index contributed by atoms with van der Waals surface area (Å²) in [6, 6.07) is 0.818. The first-order valence-corrected chi connectivity index (χ1v) is 4.36. The van der Waals surface area contributed by atoms with Gasteiger partial charge in [0.05, 0.1) is 0 Å². The van der Waals surface area contributed by atoms with E-state index in [4.69, 9.17) is 0 Å². The Kier molecular flexibility index (Phi) is 1.66. The highest BCUT2D eigenvalue weighted by Crippen LogP contribution is 2.21. The van der Waals surface area contributed by atoms with Gasteiger partial charge < -0.3 is 10.2 Å². The van der Waals surface area contributed by atoms with Gasteiger partial charge in [-0.2, -0.15) is 0 Å². The standard InChI is InChI=1S/C8H16N2/c1-2-7-5-10-4-3-9-8(7)6-10/h7-9H,2-6H2,1H3. The van der Waals surface area contributed by atoms with Gasteiger partial charge >= 0.3 is 0 Å². The molecule has 0 amide bonds. The third kappa shape index (κ3) is 0.956. The minimum absolute atomic E-state index is 0.818. The molecule has 1 N–H and O–H groups in total. The molecule has 58 valence electrons. The van der Waals surface area contributed by atoms with Crippen molar-refractivity contribution >= 4 is 0 Å². The molecule has 2 aliphatic heterocycles. The van der Waals surface area contributed by atoms with Crippen LogP contribution in [0, 0.1) is 5.92 Å². The lowest BCUT2D eigenvalue weighted by Crippen LogP contribution is -2.44. The molecule has 3 atom stereocenters. The lowest BCUT2D eigenvalue weighted by atomic mass is 10.0. The topological polar surface area (TPSA) is 15.3 Å². The van der Waals surface area contributed by atoms with Gasteiger partial charge in [0.25, 0.3) is 0 Å². The van der Waals surface area contributed by atoms with Crippen molar-refractivity contribution in [2.45, 2.75) is 19.4 Å². The molecule has 0 aromatic carbocycles. The first-order valence-electron chi connectivity index (χ1n) is 4.36. The van der Waals surface area contributed by atoms with Crippen molar-refractivity contribution in [3.8, 4) is 0 Å². The Morgan fingerprint density at radius 2 is 2.40 bits per heavy atom. The van der Waals surface area contributed by atoms with Crippen LogP contribution in [0.3, 0.4) is 0 Å². The monoisotopic (exact) mass is 140 g/mol. The molecule has 3 unspecified atom stereocenters. The molecule has 2 heteroatoms. The second kappa shape index (κ2) is 2.51. The van der Waals surface area contributed by atoms with Gasteiger partial charge in [0.1, 0.15) is 0 Å². The number of rotatable bonds is 1. The molecule has 0 aromatic rings. The fourth-order valence-electron chi connectivity index (χ4n) is 2.20. The number of hydrogen-bond donors (Lipinski definition) is 1. The fourth-order valence-corrected chi connectivity index (χ4v) is 2.20. The van der Waals surface area contributed by atoms with Crippen LogP contribution in [0.25, 0.3) is 0 Å². The van der Waals surface area contributed by atoms with Gasteiger partial charge in [-0.05, 0) is 5.92 Å². The van der Waals surface area contributed by atoms with E-state index in [2.05, 4.69) is 17.1 Å². The molecule has 2 saturated heterocycles. The van der Waals surface area contributed by atoms with Crippen molar-refractivity contribution in [1.29, 1.82) is 0 Å². The molecular formula is C8H16N2. The van der Waals surface area contributed by atoms with E-state index in [0.717, 1.165) is 12.0 Å². The van der Waals surface area contributed by atoms with Crippen molar-refractivity contribution in [2.24, 2.45) is 5.92 Å². The third-order valence-electron chi connectivity index (χ3n) is 2.88. The van der Waals surface area contributed by atoms with Crippen molar-refractivity contribution in [2.75, 3.05) is 26.2 Å². The van der Waals surface area contributed by atoms with E-state index < -0.39 is 0 Å². The van der Waals surface area contributed by atoms with Crippen LogP contribution in [0.5, 0.6) is 0 Å². The Bertz CT molecular complexity index is 124. The molecular weight excluding hydrogens is 124 g/mol. The minimum atomic E-state index is 0.818. The minimum Gasteiger partial charge on any atom is -0.311 e. The largest absolute Gasteiger partial charge is 0.311 e. The van der Waals surface area contributed by atoms with Gasteiger partial charge in [0.2, 0.25) is 0 Å². The number of nitrogens with zero attached hydrogens (tertiary/aromatic N) is 1. The average molecular weight is 140 g/mol. The maximum absolute atomic E-state index is 3.57. The molecule has 0 saturated carbocycles. The van der Waals surface area contributed by atoms with Gasteiger partial charge in [-0.15, -0.1) is 0 Å². The average Bonchev–Trinajstić information content (AvgIpc) is 2.26. The Labute approximate surface area is 62.6 Å². The van der Waals surface area contributed by atoms with E-state index in [-0.39, 0.29) is 0 Å². The molecule has 2 nitrogen and oxygen atoms in total. The van der Waals surface area contributed by atoms with Crippen LogP contribution in [-0.2, 0) is 0 Å². The summed E-state index contributed by atoms with van der Waals surface area (Å²) in [6.45, 7) is 7.43. The lowest BCUT2D eigenvalue weighted by Gasteiger charge is -2.23. The van der Waals surface area contributed by atoms with Crippen LogP contribution in [0.4, 0.5) is 0 Å². The summed E-state index contributed by atoms with van der Waals surface area (Å²) in [5, 5.41) is 3.57. The SMILES string of the molecule is CCC1CN2CCNC1C2. The summed E-state index contributed by atoms with van der Waals surface area (Å²) in [5.74, 6) is 0.933. The predicted octanol–water partition coefficient (Wildman–Crippen LogP) is 0.300. The molecule has 2 rings (SSSR count). The van der Waals surface area contributed by atoms with Crippen molar-refractivity contribution in [3.05, 3.63) is 0 Å². The molecule has 0 spiro atoms. The molecule has 2 bridgehead atoms. The predicted molar refractivity (Wildman–Crippen MR) is 42.0 cm³/mol. The number of piperazine rings is 1. The number of nitrogens with one attached hydrogen (secondary N) is 1. The Morgan fingerprint density at radius 3 is 3.10 bits per heavy atom. The molecule has 2 fully saturated rings. The molecule has 2 aliphatic rings. The van der Waals surface area contributed by atoms with Gasteiger partial charge in [-0.1, -0.05) is 13.3 Å². The summed E-state index contributed by atoms with van der Waals surface area (Å²) in [7, 11) is 0. The van der Waals surface area contributed by atoms with Crippen LogP contribution >= 0.6 is 0 Å². The molecule has 10 heavy (non-hydrogen) atoms. The molecule has 0 radical (unpaired) electrons. The first kappa shape index (κ1) is 6.62. The van der Waals surface area contributed by atoms with Gasteiger partial charge in [0.15, 0.2) is 0 Å². The summed E-state index contributed by atoms with van der Waals surface area (Å²) in [5.41, 5.74) is 0. The van der Waals surface area contributed by atoms with Crippen molar-refractivity contribution in [3.63, 3.8) is 0 Å². The molecule has 2 heterocycles. The van der Waals surface area contributed by atoms with E-state index >= 15 is 0 Å². The second-order valence-corrected chi connectivity index (χ2v) is 3.49. The highest BCUT2D eigenvalue weighted by Gasteiger charge is 2.33. The highest BCUT2D eigenvalue weighted by molar-refractivity contribution is 4.92. The van der Waals surface area contributed by atoms with Crippen LogP contribution in [0.2, 0.25) is 0 Å². The zero-order valence-corrected chi connectivity index (χ0v) is 6.64. The molecule has 0 aromatic heterocycles. The van der Waals surface area contributed by atoms with Crippen LogP contribution in [0.15, 0.2) is 0 Å². The summed E-state index contributed by atoms with van der Waals surface area (Å²) < 4.78 is 0. The summed E-state index contributed by atoms with van der Waals surface area (Å²) >= 11 is 0. The highest BCUT2D eigenvalue weighted by atomic mass is 15.2. The smallest absolute Gasteiger partial charge is 0.0235 e. The van der Waals surface area contributed by atoms with Crippen LogP contribution in [0.1, 0.15) is 13.3 Å². The van der Waals surface area contributed by atoms with Gasteiger partial charge in [0, 0.05) is 32.2 Å².